The van der Waals surface area contributed by atoms with Gasteiger partial charge in [-0.05, 0) is 48.6 Å². The molecule has 3 rings (SSSR count). The first-order valence-corrected chi connectivity index (χ1v) is 8.97. The molecule has 132 valence electrons. The first-order chi connectivity index (χ1) is 12.2. The number of rotatable bonds is 6. The van der Waals surface area contributed by atoms with Crippen molar-refractivity contribution in [2.75, 3.05) is 19.0 Å². The minimum atomic E-state index is 0.0675. The lowest BCUT2D eigenvalue weighted by Gasteiger charge is -2.25. The van der Waals surface area contributed by atoms with E-state index in [2.05, 4.69) is 34.9 Å². The van der Waals surface area contributed by atoms with Crippen LogP contribution in [0.2, 0.25) is 5.02 Å². The molecule has 25 heavy (non-hydrogen) atoms. The molecule has 2 N–H and O–H groups in total. The van der Waals surface area contributed by atoms with Gasteiger partial charge in [-0.15, -0.1) is 0 Å². The van der Waals surface area contributed by atoms with Crippen LogP contribution in [0.5, 0.6) is 5.75 Å². The first kappa shape index (κ1) is 17.6. The Bertz CT molecular complexity index is 748. The second kappa shape index (κ2) is 8.26. The van der Waals surface area contributed by atoms with Crippen LogP contribution in [0.15, 0.2) is 42.5 Å². The van der Waals surface area contributed by atoms with Crippen molar-refractivity contribution in [3.63, 3.8) is 0 Å². The number of nitrogens with one attached hydrogen (secondary N) is 2. The van der Waals surface area contributed by atoms with Gasteiger partial charge in [0.15, 0.2) is 0 Å². The quantitative estimate of drug-likeness (QED) is 0.825. The summed E-state index contributed by atoms with van der Waals surface area (Å²) in [6.07, 6.45) is 3.35. The van der Waals surface area contributed by atoms with Crippen LogP contribution in [0.4, 0.5) is 5.69 Å². The number of aryl methyl sites for hydroxylation is 1. The Kier molecular flexibility index (Phi) is 5.82. The lowest BCUT2D eigenvalue weighted by Crippen LogP contribution is -2.39. The summed E-state index contributed by atoms with van der Waals surface area (Å²) in [5.41, 5.74) is 3.55. The van der Waals surface area contributed by atoms with E-state index < -0.39 is 0 Å². The van der Waals surface area contributed by atoms with E-state index in [-0.39, 0.29) is 11.9 Å². The maximum absolute atomic E-state index is 12.2. The molecule has 0 spiro atoms. The molecular weight excluding hydrogens is 336 g/mol. The van der Waals surface area contributed by atoms with Gasteiger partial charge in [0.05, 0.1) is 12.8 Å². The van der Waals surface area contributed by atoms with Gasteiger partial charge < -0.3 is 15.4 Å². The van der Waals surface area contributed by atoms with Crippen LogP contribution in [-0.2, 0) is 17.6 Å². The maximum Gasteiger partial charge on any atom is 0.221 e. The molecule has 0 bridgehead atoms. The summed E-state index contributed by atoms with van der Waals surface area (Å²) in [6, 6.07) is 14.1. The van der Waals surface area contributed by atoms with E-state index in [9.17, 15) is 4.79 Å². The highest BCUT2D eigenvalue weighted by Gasteiger charge is 2.19. The second-order valence-corrected chi connectivity index (χ2v) is 6.73. The van der Waals surface area contributed by atoms with Crippen molar-refractivity contribution in [1.82, 2.24) is 5.32 Å². The Morgan fingerprint density at radius 1 is 1.24 bits per heavy atom. The summed E-state index contributed by atoms with van der Waals surface area (Å²) < 4.78 is 5.29. The Hall–Kier alpha value is -2.20. The molecular formula is C20H23ClN2O2. The third-order valence-corrected chi connectivity index (χ3v) is 4.78. The summed E-state index contributed by atoms with van der Waals surface area (Å²) in [5.74, 6) is 0.784. The third kappa shape index (κ3) is 4.67. The topological polar surface area (TPSA) is 50.4 Å². The molecule has 0 aliphatic heterocycles. The highest BCUT2D eigenvalue weighted by molar-refractivity contribution is 6.30. The number of hydrogen-bond donors (Lipinski definition) is 2. The largest absolute Gasteiger partial charge is 0.495 e. The van der Waals surface area contributed by atoms with E-state index in [1.165, 1.54) is 11.1 Å². The van der Waals surface area contributed by atoms with Crippen LogP contribution in [0.1, 0.15) is 24.0 Å². The first-order valence-electron chi connectivity index (χ1n) is 8.59. The molecule has 0 radical (unpaired) electrons. The van der Waals surface area contributed by atoms with Crippen LogP contribution in [0.25, 0.3) is 0 Å². The molecule has 2 aromatic carbocycles. The molecule has 4 nitrogen and oxygen atoms in total. The van der Waals surface area contributed by atoms with Gasteiger partial charge in [0, 0.05) is 24.0 Å². The molecule has 0 saturated carbocycles. The molecule has 2 aromatic rings. The molecule has 0 saturated heterocycles. The summed E-state index contributed by atoms with van der Waals surface area (Å²) in [7, 11) is 1.61. The number of benzene rings is 2. The van der Waals surface area contributed by atoms with E-state index in [4.69, 9.17) is 16.3 Å². The molecule has 1 amide bonds. The van der Waals surface area contributed by atoms with Crippen LogP contribution >= 0.6 is 11.6 Å². The molecule has 0 fully saturated rings. The summed E-state index contributed by atoms with van der Waals surface area (Å²) in [6.45, 7) is 0.534. The van der Waals surface area contributed by atoms with Crippen molar-refractivity contribution in [2.45, 2.75) is 31.7 Å². The molecule has 1 aliphatic rings. The van der Waals surface area contributed by atoms with Crippen LogP contribution < -0.4 is 15.4 Å². The van der Waals surface area contributed by atoms with E-state index in [1.54, 1.807) is 19.2 Å². The highest BCUT2D eigenvalue weighted by Crippen LogP contribution is 2.27. The molecule has 0 heterocycles. The number of carbonyl (C=O) groups is 1. The van der Waals surface area contributed by atoms with Crippen molar-refractivity contribution in [3.8, 4) is 5.75 Å². The van der Waals surface area contributed by atoms with Crippen molar-refractivity contribution in [1.29, 1.82) is 0 Å². The number of fused-ring (bicyclic) bond motifs is 1. The Morgan fingerprint density at radius 3 is 2.84 bits per heavy atom. The lowest BCUT2D eigenvalue weighted by molar-refractivity contribution is -0.121. The number of carbonyl (C=O) groups excluding carboxylic acids is 1. The molecule has 5 heteroatoms. The van der Waals surface area contributed by atoms with Crippen LogP contribution in [0, 0.1) is 0 Å². The van der Waals surface area contributed by atoms with Gasteiger partial charge in [0.2, 0.25) is 5.91 Å². The fourth-order valence-corrected chi connectivity index (χ4v) is 3.42. The smallest absolute Gasteiger partial charge is 0.221 e. The van der Waals surface area contributed by atoms with Gasteiger partial charge in [0.1, 0.15) is 5.75 Å². The summed E-state index contributed by atoms with van der Waals surface area (Å²) in [5, 5.41) is 7.00. The Morgan fingerprint density at radius 2 is 2.04 bits per heavy atom. The normalized spacial score (nSPS) is 16.0. The van der Waals surface area contributed by atoms with Gasteiger partial charge >= 0.3 is 0 Å². The predicted molar refractivity (Wildman–Crippen MR) is 102 cm³/mol. The van der Waals surface area contributed by atoms with E-state index in [0.29, 0.717) is 23.7 Å². The number of anilines is 1. The molecule has 1 aliphatic carbocycles. The lowest BCUT2D eigenvalue weighted by atomic mass is 9.88. The zero-order chi connectivity index (χ0) is 17.6. The van der Waals surface area contributed by atoms with Crippen molar-refractivity contribution >= 4 is 23.2 Å². The predicted octanol–water partition coefficient (Wildman–Crippen LogP) is 3.82. The molecule has 1 unspecified atom stereocenters. The van der Waals surface area contributed by atoms with Gasteiger partial charge in [-0.2, -0.15) is 0 Å². The number of ether oxygens (including phenoxy) is 1. The van der Waals surface area contributed by atoms with Gasteiger partial charge in [-0.1, -0.05) is 35.9 Å². The SMILES string of the molecule is COc1ccc(Cl)cc1NCCC(=O)NC1CCc2ccccc2C1. The number of methoxy groups -OCH3 is 1. The summed E-state index contributed by atoms with van der Waals surface area (Å²) >= 11 is 6.01. The fraction of sp³-hybridized carbons (Fsp3) is 0.350. The minimum Gasteiger partial charge on any atom is -0.495 e. The van der Waals surface area contributed by atoms with Crippen molar-refractivity contribution in [2.24, 2.45) is 0 Å². The average Bonchev–Trinajstić information content (AvgIpc) is 2.62. The Labute approximate surface area is 153 Å². The van der Waals surface area contributed by atoms with E-state index >= 15 is 0 Å². The van der Waals surface area contributed by atoms with E-state index in [1.807, 2.05) is 6.07 Å². The van der Waals surface area contributed by atoms with Gasteiger partial charge in [0.25, 0.3) is 0 Å². The van der Waals surface area contributed by atoms with Crippen LogP contribution in [-0.4, -0.2) is 25.6 Å². The second-order valence-electron chi connectivity index (χ2n) is 6.30. The monoisotopic (exact) mass is 358 g/mol. The zero-order valence-electron chi connectivity index (χ0n) is 14.3. The zero-order valence-corrected chi connectivity index (χ0v) is 15.1. The number of hydrogen-bond acceptors (Lipinski definition) is 3. The van der Waals surface area contributed by atoms with Crippen LogP contribution in [0.3, 0.4) is 0 Å². The van der Waals surface area contributed by atoms with E-state index in [0.717, 1.165) is 24.9 Å². The summed E-state index contributed by atoms with van der Waals surface area (Å²) in [4.78, 5) is 12.2. The van der Waals surface area contributed by atoms with Crippen molar-refractivity contribution < 1.29 is 9.53 Å². The number of halogens is 1. The number of amides is 1. The average molecular weight is 359 g/mol. The van der Waals surface area contributed by atoms with Gasteiger partial charge in [-0.25, -0.2) is 0 Å². The van der Waals surface area contributed by atoms with Gasteiger partial charge in [-0.3, -0.25) is 4.79 Å². The van der Waals surface area contributed by atoms with Crippen molar-refractivity contribution in [3.05, 3.63) is 58.6 Å². The third-order valence-electron chi connectivity index (χ3n) is 4.54. The molecule has 0 aromatic heterocycles. The minimum absolute atomic E-state index is 0.0675. The standard InChI is InChI=1S/C20H23ClN2O2/c1-25-19-9-7-16(21)13-18(19)22-11-10-20(24)23-17-8-6-14-4-2-3-5-15(14)12-17/h2-5,7,9,13,17,22H,6,8,10-12H2,1H3,(H,23,24). The maximum atomic E-state index is 12.2. The molecule has 1 atom stereocenters. The fourth-order valence-electron chi connectivity index (χ4n) is 3.25. The highest BCUT2D eigenvalue weighted by atomic mass is 35.5. The Balaban J connectivity index is 1.47.